The SMILES string of the molecule is CCc1ccccc1C(=O)On1cccn1. The van der Waals surface area contributed by atoms with Crippen LogP contribution in [0.2, 0.25) is 0 Å². The Morgan fingerprint density at radius 1 is 1.38 bits per heavy atom. The number of benzene rings is 1. The summed E-state index contributed by atoms with van der Waals surface area (Å²) in [5, 5.41) is 3.81. The van der Waals surface area contributed by atoms with Gasteiger partial charge in [-0.3, -0.25) is 0 Å². The van der Waals surface area contributed by atoms with Gasteiger partial charge in [0.25, 0.3) is 0 Å². The first-order valence-corrected chi connectivity index (χ1v) is 5.11. The van der Waals surface area contributed by atoms with Crippen LogP contribution in [0.1, 0.15) is 22.8 Å². The van der Waals surface area contributed by atoms with Crippen molar-refractivity contribution in [2.24, 2.45) is 0 Å². The average molecular weight is 216 g/mol. The van der Waals surface area contributed by atoms with E-state index in [9.17, 15) is 4.79 Å². The molecule has 16 heavy (non-hydrogen) atoms. The van der Waals surface area contributed by atoms with E-state index in [2.05, 4.69) is 5.10 Å². The van der Waals surface area contributed by atoms with E-state index in [0.29, 0.717) is 5.56 Å². The van der Waals surface area contributed by atoms with E-state index in [-0.39, 0.29) is 5.97 Å². The number of carbonyl (C=O) groups is 1. The van der Waals surface area contributed by atoms with Crippen LogP contribution in [0, 0.1) is 0 Å². The maximum absolute atomic E-state index is 11.8. The fourth-order valence-corrected chi connectivity index (χ4v) is 1.47. The highest BCUT2D eigenvalue weighted by Gasteiger charge is 2.12. The third-order valence-corrected chi connectivity index (χ3v) is 2.27. The lowest BCUT2D eigenvalue weighted by molar-refractivity contribution is 0.0393. The molecule has 82 valence electrons. The van der Waals surface area contributed by atoms with E-state index in [0.717, 1.165) is 16.8 Å². The van der Waals surface area contributed by atoms with E-state index in [1.165, 1.54) is 0 Å². The molecule has 0 aliphatic rings. The van der Waals surface area contributed by atoms with Crippen LogP contribution in [0.4, 0.5) is 0 Å². The van der Waals surface area contributed by atoms with Crippen molar-refractivity contribution in [3.8, 4) is 0 Å². The molecule has 0 saturated carbocycles. The van der Waals surface area contributed by atoms with Crippen LogP contribution in [0.15, 0.2) is 42.7 Å². The Labute approximate surface area is 93.4 Å². The molecule has 0 aliphatic heterocycles. The Kier molecular flexibility index (Phi) is 3.00. The first kappa shape index (κ1) is 10.4. The van der Waals surface area contributed by atoms with E-state index < -0.39 is 0 Å². The molecular weight excluding hydrogens is 204 g/mol. The second kappa shape index (κ2) is 4.61. The predicted molar refractivity (Wildman–Crippen MR) is 59.0 cm³/mol. The average Bonchev–Trinajstić information content (AvgIpc) is 2.81. The van der Waals surface area contributed by atoms with Gasteiger partial charge in [-0.05, 0) is 24.1 Å². The van der Waals surface area contributed by atoms with Crippen LogP contribution in [0.5, 0.6) is 0 Å². The molecule has 0 bridgehead atoms. The minimum atomic E-state index is -0.388. The first-order valence-electron chi connectivity index (χ1n) is 5.11. The molecule has 0 fully saturated rings. The van der Waals surface area contributed by atoms with Crippen molar-refractivity contribution < 1.29 is 9.63 Å². The summed E-state index contributed by atoms with van der Waals surface area (Å²) in [4.78, 5) is 18.0. The minimum Gasteiger partial charge on any atom is -0.314 e. The summed E-state index contributed by atoms with van der Waals surface area (Å²) >= 11 is 0. The maximum Gasteiger partial charge on any atom is 0.365 e. The molecule has 0 N–H and O–H groups in total. The van der Waals surface area contributed by atoms with Crippen LogP contribution >= 0.6 is 0 Å². The van der Waals surface area contributed by atoms with Crippen molar-refractivity contribution in [1.82, 2.24) is 9.94 Å². The van der Waals surface area contributed by atoms with Crippen LogP contribution in [-0.2, 0) is 6.42 Å². The molecule has 1 aromatic heterocycles. The summed E-state index contributed by atoms with van der Waals surface area (Å²) in [6, 6.07) is 9.09. The monoisotopic (exact) mass is 216 g/mol. The summed E-state index contributed by atoms with van der Waals surface area (Å²) < 4.78 is 0. The zero-order valence-corrected chi connectivity index (χ0v) is 8.96. The van der Waals surface area contributed by atoms with Crippen molar-refractivity contribution in [3.05, 3.63) is 53.9 Å². The second-order valence-electron chi connectivity index (χ2n) is 3.30. The molecule has 4 heteroatoms. The molecule has 2 aromatic rings. The summed E-state index contributed by atoms with van der Waals surface area (Å²) in [6.45, 7) is 2.00. The lowest BCUT2D eigenvalue weighted by Gasteiger charge is -2.06. The Morgan fingerprint density at radius 2 is 2.19 bits per heavy atom. The molecular formula is C12H12N2O2. The van der Waals surface area contributed by atoms with Crippen LogP contribution < -0.4 is 4.84 Å². The highest BCUT2D eigenvalue weighted by molar-refractivity contribution is 5.91. The number of aryl methyl sites for hydroxylation is 1. The zero-order chi connectivity index (χ0) is 11.4. The van der Waals surface area contributed by atoms with Gasteiger partial charge in [-0.15, -0.1) is 5.10 Å². The van der Waals surface area contributed by atoms with Gasteiger partial charge in [0.1, 0.15) is 0 Å². The van der Waals surface area contributed by atoms with Gasteiger partial charge in [0.15, 0.2) is 0 Å². The van der Waals surface area contributed by atoms with E-state index in [1.54, 1.807) is 24.5 Å². The van der Waals surface area contributed by atoms with Gasteiger partial charge in [-0.2, -0.15) is 0 Å². The van der Waals surface area contributed by atoms with Crippen molar-refractivity contribution in [3.63, 3.8) is 0 Å². The molecule has 1 aromatic carbocycles. The quantitative estimate of drug-likeness (QED) is 0.784. The smallest absolute Gasteiger partial charge is 0.314 e. The second-order valence-corrected chi connectivity index (χ2v) is 3.30. The molecule has 0 unspecified atom stereocenters. The highest BCUT2D eigenvalue weighted by Crippen LogP contribution is 2.09. The Hall–Kier alpha value is -2.10. The molecule has 2 rings (SSSR count). The molecule has 0 amide bonds. The van der Waals surface area contributed by atoms with Gasteiger partial charge in [0.2, 0.25) is 0 Å². The van der Waals surface area contributed by atoms with E-state index >= 15 is 0 Å². The normalized spacial score (nSPS) is 10.1. The van der Waals surface area contributed by atoms with Gasteiger partial charge in [-0.25, -0.2) is 4.79 Å². The third-order valence-electron chi connectivity index (χ3n) is 2.27. The van der Waals surface area contributed by atoms with Gasteiger partial charge >= 0.3 is 5.97 Å². The van der Waals surface area contributed by atoms with Gasteiger partial charge in [-0.1, -0.05) is 30.0 Å². The van der Waals surface area contributed by atoms with Crippen LogP contribution in [0.3, 0.4) is 0 Å². The van der Waals surface area contributed by atoms with Gasteiger partial charge in [0, 0.05) is 0 Å². The molecule has 0 atom stereocenters. The molecule has 0 radical (unpaired) electrons. The van der Waals surface area contributed by atoms with Crippen LogP contribution in [0.25, 0.3) is 0 Å². The first-order chi connectivity index (χ1) is 7.81. The molecule has 0 spiro atoms. The number of aromatic nitrogens is 2. The molecule has 0 aliphatic carbocycles. The maximum atomic E-state index is 11.8. The summed E-state index contributed by atoms with van der Waals surface area (Å²) in [5.74, 6) is -0.388. The number of rotatable bonds is 3. The van der Waals surface area contributed by atoms with Gasteiger partial charge < -0.3 is 4.84 Å². The zero-order valence-electron chi connectivity index (χ0n) is 8.96. The minimum absolute atomic E-state index is 0.388. The third kappa shape index (κ3) is 2.11. The van der Waals surface area contributed by atoms with Crippen LogP contribution in [-0.4, -0.2) is 15.9 Å². The fraction of sp³-hybridized carbons (Fsp3) is 0.167. The Bertz CT molecular complexity index is 478. The number of hydrogen-bond acceptors (Lipinski definition) is 3. The molecule has 4 nitrogen and oxygen atoms in total. The predicted octanol–water partition coefficient (Wildman–Crippen LogP) is 1.71. The number of nitrogens with zero attached hydrogens (tertiary/aromatic N) is 2. The Morgan fingerprint density at radius 3 is 2.88 bits per heavy atom. The fourth-order valence-electron chi connectivity index (χ4n) is 1.47. The highest BCUT2D eigenvalue weighted by atomic mass is 16.7. The lowest BCUT2D eigenvalue weighted by Crippen LogP contribution is -2.21. The summed E-state index contributed by atoms with van der Waals surface area (Å²) in [5.41, 5.74) is 1.56. The summed E-state index contributed by atoms with van der Waals surface area (Å²) in [7, 11) is 0. The molecule has 1 heterocycles. The van der Waals surface area contributed by atoms with Crippen molar-refractivity contribution in [1.29, 1.82) is 0 Å². The number of hydrogen-bond donors (Lipinski definition) is 0. The van der Waals surface area contributed by atoms with Gasteiger partial charge in [0.05, 0.1) is 18.0 Å². The molecule has 0 saturated heterocycles. The Balaban J connectivity index is 2.21. The summed E-state index contributed by atoms with van der Waals surface area (Å²) in [6.07, 6.45) is 3.93. The van der Waals surface area contributed by atoms with Crippen molar-refractivity contribution in [2.45, 2.75) is 13.3 Å². The van der Waals surface area contributed by atoms with E-state index in [1.807, 2.05) is 25.1 Å². The van der Waals surface area contributed by atoms with E-state index in [4.69, 9.17) is 4.84 Å². The van der Waals surface area contributed by atoms with Crippen molar-refractivity contribution >= 4 is 5.97 Å². The topological polar surface area (TPSA) is 44.1 Å². The largest absolute Gasteiger partial charge is 0.365 e. The standard InChI is InChI=1S/C12H12N2O2/c1-2-10-6-3-4-7-11(10)12(15)16-14-9-5-8-13-14/h3-9H,2H2,1H3. The lowest BCUT2D eigenvalue weighted by atomic mass is 10.1. The van der Waals surface area contributed by atoms with Crippen molar-refractivity contribution in [2.75, 3.05) is 0 Å². The number of carbonyl (C=O) groups excluding carboxylic acids is 1.